The Hall–Kier alpha value is -3.37. The second-order valence-corrected chi connectivity index (χ2v) is 12.7. The third-order valence-corrected chi connectivity index (χ3v) is 9.17. The first-order valence-electron chi connectivity index (χ1n) is 13.5. The molecule has 220 valence electrons. The normalized spacial score (nSPS) is 12.0. The monoisotopic (exact) mass is 643 g/mol. The van der Waals surface area contributed by atoms with Crippen LogP contribution in [0.25, 0.3) is 0 Å². The minimum atomic E-state index is -4.19. The van der Waals surface area contributed by atoms with Crippen molar-refractivity contribution in [3.8, 4) is 5.75 Å². The maximum Gasteiger partial charge on any atom is 0.264 e. The highest BCUT2D eigenvalue weighted by Gasteiger charge is 2.32. The lowest BCUT2D eigenvalue weighted by molar-refractivity contribution is -0.139. The van der Waals surface area contributed by atoms with Crippen LogP contribution < -0.4 is 14.4 Å². The van der Waals surface area contributed by atoms with Crippen LogP contribution in [0.15, 0.2) is 76.1 Å². The van der Waals surface area contributed by atoms with Crippen molar-refractivity contribution in [3.63, 3.8) is 0 Å². The number of rotatable bonds is 13. The van der Waals surface area contributed by atoms with Crippen LogP contribution in [0, 0.1) is 13.8 Å². The van der Waals surface area contributed by atoms with Crippen LogP contribution in [0.2, 0.25) is 0 Å². The number of sulfonamides is 1. The van der Waals surface area contributed by atoms with Crippen molar-refractivity contribution >= 4 is 43.5 Å². The molecular weight excluding hydrogens is 606 g/mol. The van der Waals surface area contributed by atoms with Gasteiger partial charge in [0.2, 0.25) is 11.8 Å². The van der Waals surface area contributed by atoms with Crippen molar-refractivity contribution in [1.82, 2.24) is 10.2 Å². The molecule has 0 bridgehead atoms. The van der Waals surface area contributed by atoms with Gasteiger partial charge in [0.1, 0.15) is 18.3 Å². The van der Waals surface area contributed by atoms with Gasteiger partial charge in [0, 0.05) is 13.1 Å². The van der Waals surface area contributed by atoms with Crippen LogP contribution in [0.3, 0.4) is 0 Å². The van der Waals surface area contributed by atoms with Gasteiger partial charge < -0.3 is 15.0 Å². The molecule has 0 aliphatic rings. The standard InChI is InChI=1S/C31H38BrN3O5S/c1-6-7-18-33-31(37)24(4)34(20-25-12-8-22(2)9-13-25)30(36)21-35(26-14-10-23(3)11-15-26)41(38,39)27-16-17-29(40-5)28(32)19-27/h8-17,19,24H,6-7,18,20-21H2,1-5H3,(H,33,37)/t24-/m1/s1. The minimum absolute atomic E-state index is 0.00556. The molecule has 1 atom stereocenters. The fourth-order valence-corrected chi connectivity index (χ4v) is 6.32. The number of nitrogens with one attached hydrogen (secondary N) is 1. The molecule has 3 aromatic rings. The quantitative estimate of drug-likeness (QED) is 0.245. The van der Waals surface area contributed by atoms with Crippen molar-refractivity contribution in [2.45, 2.75) is 58.0 Å². The number of unbranched alkanes of at least 4 members (excludes halogenated alkanes) is 1. The van der Waals surface area contributed by atoms with Crippen molar-refractivity contribution < 1.29 is 22.7 Å². The van der Waals surface area contributed by atoms with Crippen LogP contribution in [0.1, 0.15) is 43.4 Å². The van der Waals surface area contributed by atoms with E-state index in [0.717, 1.165) is 33.8 Å². The number of ether oxygens (including phenoxy) is 1. The predicted octanol–water partition coefficient (Wildman–Crippen LogP) is 5.60. The summed E-state index contributed by atoms with van der Waals surface area (Å²) in [6.45, 7) is 7.73. The average Bonchev–Trinajstić information content (AvgIpc) is 2.95. The number of nitrogens with zero attached hydrogens (tertiary/aromatic N) is 2. The molecule has 0 saturated carbocycles. The Kier molecular flexibility index (Phi) is 11.4. The molecule has 0 aliphatic carbocycles. The van der Waals surface area contributed by atoms with E-state index in [2.05, 4.69) is 21.2 Å². The van der Waals surface area contributed by atoms with Crippen molar-refractivity contribution in [1.29, 1.82) is 0 Å². The Morgan fingerprint density at radius 2 is 1.59 bits per heavy atom. The number of methoxy groups -OCH3 is 1. The first-order chi connectivity index (χ1) is 19.5. The van der Waals surface area contributed by atoms with E-state index in [-0.39, 0.29) is 17.3 Å². The first-order valence-corrected chi connectivity index (χ1v) is 15.8. The van der Waals surface area contributed by atoms with Crippen LogP contribution >= 0.6 is 15.9 Å². The number of hydrogen-bond acceptors (Lipinski definition) is 5. The molecular formula is C31H38BrN3O5S. The molecule has 3 aromatic carbocycles. The van der Waals surface area contributed by atoms with E-state index in [9.17, 15) is 18.0 Å². The Bertz CT molecular complexity index is 1440. The second-order valence-electron chi connectivity index (χ2n) is 9.97. The zero-order valence-electron chi connectivity index (χ0n) is 24.2. The maximum absolute atomic E-state index is 14.0. The number of anilines is 1. The smallest absolute Gasteiger partial charge is 0.264 e. The Labute approximate surface area is 251 Å². The van der Waals surface area contributed by atoms with Crippen molar-refractivity contribution in [2.24, 2.45) is 0 Å². The molecule has 10 heteroatoms. The van der Waals surface area contributed by atoms with Gasteiger partial charge in [-0.1, -0.05) is 60.9 Å². The fraction of sp³-hybridized carbons (Fsp3) is 0.355. The number of carbonyl (C=O) groups is 2. The molecule has 3 rings (SSSR count). The molecule has 0 radical (unpaired) electrons. The van der Waals surface area contributed by atoms with E-state index < -0.39 is 28.5 Å². The molecule has 1 N–H and O–H groups in total. The highest BCUT2D eigenvalue weighted by molar-refractivity contribution is 9.10. The number of benzene rings is 3. The molecule has 41 heavy (non-hydrogen) atoms. The zero-order valence-corrected chi connectivity index (χ0v) is 26.6. The molecule has 0 saturated heterocycles. The van der Waals surface area contributed by atoms with E-state index in [0.29, 0.717) is 22.5 Å². The van der Waals surface area contributed by atoms with Gasteiger partial charge in [-0.25, -0.2) is 8.42 Å². The van der Waals surface area contributed by atoms with Crippen LogP contribution in [-0.2, 0) is 26.2 Å². The van der Waals surface area contributed by atoms with Gasteiger partial charge in [0.15, 0.2) is 0 Å². The van der Waals surface area contributed by atoms with E-state index in [1.54, 1.807) is 37.3 Å². The maximum atomic E-state index is 14.0. The number of halogens is 1. The van der Waals surface area contributed by atoms with Gasteiger partial charge in [-0.05, 0) is 79.0 Å². The SMILES string of the molecule is CCCCNC(=O)[C@@H](C)N(Cc1ccc(C)cc1)C(=O)CN(c1ccc(C)cc1)S(=O)(=O)c1ccc(OC)c(Br)c1. The van der Waals surface area contributed by atoms with E-state index in [4.69, 9.17) is 4.74 Å². The second kappa shape index (κ2) is 14.5. The summed E-state index contributed by atoms with van der Waals surface area (Å²) in [6, 6.07) is 18.2. The number of carbonyl (C=O) groups excluding carboxylic acids is 2. The largest absolute Gasteiger partial charge is 0.496 e. The zero-order chi connectivity index (χ0) is 30.2. The van der Waals surface area contributed by atoms with E-state index in [1.165, 1.54) is 24.1 Å². The van der Waals surface area contributed by atoms with Crippen LogP contribution in [-0.4, -0.2) is 51.4 Å². The van der Waals surface area contributed by atoms with Gasteiger partial charge in [-0.2, -0.15) is 0 Å². The van der Waals surface area contributed by atoms with Crippen molar-refractivity contribution in [2.75, 3.05) is 24.5 Å². The lowest BCUT2D eigenvalue weighted by Gasteiger charge is -2.32. The number of amides is 2. The number of hydrogen-bond donors (Lipinski definition) is 1. The summed E-state index contributed by atoms with van der Waals surface area (Å²) in [5.41, 5.74) is 3.19. The van der Waals surface area contributed by atoms with Gasteiger partial charge >= 0.3 is 0 Å². The first kappa shape index (κ1) is 32.1. The van der Waals surface area contributed by atoms with Gasteiger partial charge in [0.25, 0.3) is 10.0 Å². The Morgan fingerprint density at radius 3 is 2.15 bits per heavy atom. The van der Waals surface area contributed by atoms with E-state index in [1.807, 2.05) is 45.0 Å². The van der Waals surface area contributed by atoms with Crippen LogP contribution in [0.4, 0.5) is 5.69 Å². The molecule has 0 aliphatic heterocycles. The lowest BCUT2D eigenvalue weighted by Crippen LogP contribution is -2.51. The third kappa shape index (κ3) is 8.33. The summed E-state index contributed by atoms with van der Waals surface area (Å²) in [5.74, 6) is -0.308. The topological polar surface area (TPSA) is 96.0 Å². The summed E-state index contributed by atoms with van der Waals surface area (Å²) in [6.07, 6.45) is 1.74. The summed E-state index contributed by atoms with van der Waals surface area (Å²) in [4.78, 5) is 28.5. The minimum Gasteiger partial charge on any atom is -0.496 e. The third-order valence-electron chi connectivity index (χ3n) is 6.78. The summed E-state index contributed by atoms with van der Waals surface area (Å²) >= 11 is 3.36. The molecule has 0 fully saturated rings. The van der Waals surface area contributed by atoms with Crippen LogP contribution in [0.5, 0.6) is 5.75 Å². The molecule has 2 amide bonds. The van der Waals surface area contributed by atoms with Gasteiger partial charge in [-0.3, -0.25) is 13.9 Å². The highest BCUT2D eigenvalue weighted by Crippen LogP contribution is 2.31. The summed E-state index contributed by atoms with van der Waals surface area (Å²) in [5, 5.41) is 2.90. The molecule has 0 heterocycles. The summed E-state index contributed by atoms with van der Waals surface area (Å²) in [7, 11) is -2.69. The molecule has 0 spiro atoms. The van der Waals surface area contributed by atoms with Gasteiger partial charge in [-0.15, -0.1) is 0 Å². The molecule has 0 aromatic heterocycles. The van der Waals surface area contributed by atoms with Crippen molar-refractivity contribution in [3.05, 3.63) is 87.9 Å². The molecule has 8 nitrogen and oxygen atoms in total. The highest BCUT2D eigenvalue weighted by atomic mass is 79.9. The average molecular weight is 645 g/mol. The Morgan fingerprint density at radius 1 is 0.976 bits per heavy atom. The predicted molar refractivity (Wildman–Crippen MR) is 166 cm³/mol. The van der Waals surface area contributed by atoms with Gasteiger partial charge in [0.05, 0.1) is 22.2 Å². The summed E-state index contributed by atoms with van der Waals surface area (Å²) < 4.78 is 34.8. The fourth-order valence-electron chi connectivity index (χ4n) is 4.18. The lowest BCUT2D eigenvalue weighted by atomic mass is 10.1. The number of aryl methyl sites for hydroxylation is 2. The van der Waals surface area contributed by atoms with E-state index >= 15 is 0 Å². The Balaban J connectivity index is 2.01. The molecule has 0 unspecified atom stereocenters.